The third kappa shape index (κ3) is 3.10. The van der Waals surface area contributed by atoms with Crippen molar-refractivity contribution < 1.29 is 12.9 Å². The van der Waals surface area contributed by atoms with Crippen LogP contribution in [-0.2, 0) is 10.0 Å². The Morgan fingerprint density at radius 3 is 2.46 bits per heavy atom. The van der Waals surface area contributed by atoms with Gasteiger partial charge >= 0.3 is 0 Å². The minimum Gasteiger partial charge on any atom is -0.360 e. The van der Waals surface area contributed by atoms with Crippen molar-refractivity contribution in [3.63, 3.8) is 0 Å². The summed E-state index contributed by atoms with van der Waals surface area (Å²) < 4.78 is 34.6. The van der Waals surface area contributed by atoms with Crippen LogP contribution < -0.4 is 4.72 Å². The van der Waals surface area contributed by atoms with Gasteiger partial charge in [-0.25, -0.2) is 18.1 Å². The van der Waals surface area contributed by atoms with Gasteiger partial charge in [0.25, 0.3) is 0 Å². The summed E-state index contributed by atoms with van der Waals surface area (Å²) in [6.45, 7) is 4.98. The molecule has 0 spiro atoms. The van der Waals surface area contributed by atoms with E-state index >= 15 is 0 Å². The summed E-state index contributed by atoms with van der Waals surface area (Å²) in [5, 5.41) is 3.70. The predicted octanol–water partition coefficient (Wildman–Crippen LogP) is 2.52. The number of aromatic nitrogens is 3. The summed E-state index contributed by atoms with van der Waals surface area (Å²) >= 11 is 0. The monoisotopic (exact) mass is 346 g/mol. The largest absolute Gasteiger partial charge is 0.360 e. The van der Waals surface area contributed by atoms with Crippen LogP contribution in [0.1, 0.15) is 30.0 Å². The molecular weight excluding hydrogens is 328 g/mol. The molecule has 2 heterocycles. The lowest BCUT2D eigenvalue weighted by molar-refractivity contribution is 0.390. The van der Waals surface area contributed by atoms with E-state index in [1.165, 1.54) is 0 Å². The topological polar surface area (TPSA) is 90.0 Å². The number of benzene rings is 1. The fourth-order valence-electron chi connectivity index (χ4n) is 2.56. The molecule has 0 radical (unpaired) electrons. The highest BCUT2D eigenvalue weighted by molar-refractivity contribution is 7.89. The van der Waals surface area contributed by atoms with Crippen molar-refractivity contribution in [2.45, 2.75) is 31.7 Å². The summed E-state index contributed by atoms with van der Waals surface area (Å²) in [6, 6.07) is 7.21. The lowest BCUT2D eigenvalue weighted by Gasteiger charge is -2.15. The summed E-state index contributed by atoms with van der Waals surface area (Å²) in [6.07, 6.45) is 5.26. The first-order chi connectivity index (χ1) is 11.4. The van der Waals surface area contributed by atoms with Gasteiger partial charge in [-0.15, -0.1) is 0 Å². The van der Waals surface area contributed by atoms with Gasteiger partial charge in [-0.2, -0.15) is 0 Å². The number of rotatable bonds is 5. The Bertz CT molecular complexity index is 909. The van der Waals surface area contributed by atoms with Crippen LogP contribution in [0.25, 0.3) is 5.69 Å². The second kappa shape index (κ2) is 6.21. The normalized spacial score (nSPS) is 13.1. The molecule has 0 fully saturated rings. The Morgan fingerprint density at radius 2 is 1.92 bits per heavy atom. The molecule has 2 aromatic heterocycles. The predicted molar refractivity (Wildman–Crippen MR) is 88.3 cm³/mol. The summed E-state index contributed by atoms with van der Waals surface area (Å²) in [7, 11) is -3.70. The molecule has 126 valence electrons. The number of nitrogens with zero attached hydrogens (tertiary/aromatic N) is 3. The lowest BCUT2D eigenvalue weighted by atomic mass is 10.1. The van der Waals surface area contributed by atoms with Crippen LogP contribution in [0, 0.1) is 13.8 Å². The van der Waals surface area contributed by atoms with Crippen LogP contribution in [0.5, 0.6) is 0 Å². The number of aryl methyl sites for hydroxylation is 2. The summed E-state index contributed by atoms with van der Waals surface area (Å²) in [5.74, 6) is 0.280. The summed E-state index contributed by atoms with van der Waals surface area (Å²) in [5.41, 5.74) is 2.16. The lowest BCUT2D eigenvalue weighted by Crippen LogP contribution is -2.27. The van der Waals surface area contributed by atoms with Crippen LogP contribution in [0.15, 0.2) is 52.4 Å². The van der Waals surface area contributed by atoms with Crippen LogP contribution in [-0.4, -0.2) is 23.1 Å². The Kier molecular flexibility index (Phi) is 4.25. The molecule has 0 aliphatic carbocycles. The number of hydrogen-bond donors (Lipinski definition) is 1. The molecule has 7 nitrogen and oxygen atoms in total. The van der Waals surface area contributed by atoms with Crippen molar-refractivity contribution in [1.29, 1.82) is 0 Å². The van der Waals surface area contributed by atoms with Crippen molar-refractivity contribution >= 4 is 10.0 Å². The SMILES string of the molecule is Cc1noc(C)c1S(=O)(=O)N[C@@H](C)c1ccc(-n2ccnc2)cc1. The molecule has 0 unspecified atom stereocenters. The van der Waals surface area contributed by atoms with Gasteiger partial charge in [0, 0.05) is 24.1 Å². The van der Waals surface area contributed by atoms with Gasteiger partial charge in [-0.3, -0.25) is 0 Å². The Morgan fingerprint density at radius 1 is 1.21 bits per heavy atom. The maximum atomic E-state index is 12.5. The quantitative estimate of drug-likeness (QED) is 0.766. The number of sulfonamides is 1. The van der Waals surface area contributed by atoms with Crippen LogP contribution in [0.4, 0.5) is 0 Å². The number of hydrogen-bond acceptors (Lipinski definition) is 5. The van der Waals surface area contributed by atoms with E-state index in [-0.39, 0.29) is 16.7 Å². The van der Waals surface area contributed by atoms with Crippen molar-refractivity contribution in [3.05, 3.63) is 60.0 Å². The van der Waals surface area contributed by atoms with Gasteiger partial charge in [0.05, 0.1) is 6.33 Å². The van der Waals surface area contributed by atoms with Gasteiger partial charge in [-0.05, 0) is 38.5 Å². The molecule has 0 bridgehead atoms. The van der Waals surface area contributed by atoms with E-state index in [0.29, 0.717) is 5.69 Å². The number of imidazole rings is 1. The fraction of sp³-hybridized carbons (Fsp3) is 0.250. The van der Waals surface area contributed by atoms with E-state index in [9.17, 15) is 8.42 Å². The molecule has 1 aromatic carbocycles. The number of nitrogens with one attached hydrogen (secondary N) is 1. The molecule has 0 aliphatic heterocycles. The molecule has 3 rings (SSSR count). The second-order valence-corrected chi connectivity index (χ2v) is 7.21. The van der Waals surface area contributed by atoms with Gasteiger partial charge in [-0.1, -0.05) is 17.3 Å². The molecular formula is C16H18N4O3S. The fourth-order valence-corrected chi connectivity index (χ4v) is 4.13. The third-order valence-corrected chi connectivity index (χ3v) is 5.55. The highest BCUT2D eigenvalue weighted by atomic mass is 32.2. The zero-order valence-electron chi connectivity index (χ0n) is 13.6. The average molecular weight is 346 g/mol. The Labute approximate surface area is 140 Å². The van der Waals surface area contributed by atoms with E-state index in [0.717, 1.165) is 11.3 Å². The summed E-state index contributed by atoms with van der Waals surface area (Å²) in [4.78, 5) is 4.11. The first-order valence-electron chi connectivity index (χ1n) is 7.42. The standard InChI is InChI=1S/C16H18N4O3S/c1-11(19-24(21,22)16-12(2)18-23-13(16)3)14-4-6-15(7-5-14)20-9-8-17-10-20/h4-11,19H,1-3H3/t11-/m0/s1. The van der Waals surface area contributed by atoms with Crippen LogP contribution >= 0.6 is 0 Å². The molecule has 0 saturated carbocycles. The molecule has 24 heavy (non-hydrogen) atoms. The van der Waals surface area contributed by atoms with Crippen LogP contribution in [0.2, 0.25) is 0 Å². The van der Waals surface area contributed by atoms with Gasteiger partial charge < -0.3 is 9.09 Å². The maximum Gasteiger partial charge on any atom is 0.246 e. The molecule has 0 saturated heterocycles. The smallest absolute Gasteiger partial charge is 0.246 e. The molecule has 8 heteroatoms. The minimum atomic E-state index is -3.70. The van der Waals surface area contributed by atoms with E-state index in [1.54, 1.807) is 33.3 Å². The van der Waals surface area contributed by atoms with E-state index in [1.807, 2.05) is 35.0 Å². The van der Waals surface area contributed by atoms with Gasteiger partial charge in [0.2, 0.25) is 10.0 Å². The highest BCUT2D eigenvalue weighted by Gasteiger charge is 2.26. The molecule has 1 atom stereocenters. The zero-order valence-corrected chi connectivity index (χ0v) is 14.4. The average Bonchev–Trinajstić information content (AvgIpc) is 3.17. The molecule has 0 amide bonds. The van der Waals surface area contributed by atoms with Crippen molar-refractivity contribution in [2.75, 3.05) is 0 Å². The van der Waals surface area contributed by atoms with E-state index < -0.39 is 10.0 Å². The first kappa shape index (κ1) is 16.4. The van der Waals surface area contributed by atoms with E-state index in [4.69, 9.17) is 4.52 Å². The zero-order chi connectivity index (χ0) is 17.3. The highest BCUT2D eigenvalue weighted by Crippen LogP contribution is 2.22. The molecule has 3 aromatic rings. The Balaban J connectivity index is 1.81. The minimum absolute atomic E-state index is 0.101. The van der Waals surface area contributed by atoms with Gasteiger partial charge in [0.15, 0.2) is 5.76 Å². The molecule has 1 N–H and O–H groups in total. The Hall–Kier alpha value is -2.45. The van der Waals surface area contributed by atoms with Gasteiger partial charge in [0.1, 0.15) is 10.6 Å². The van der Waals surface area contributed by atoms with Crippen molar-refractivity contribution in [1.82, 2.24) is 19.4 Å². The second-order valence-electron chi connectivity index (χ2n) is 5.56. The molecule has 0 aliphatic rings. The van der Waals surface area contributed by atoms with Crippen molar-refractivity contribution in [3.8, 4) is 5.69 Å². The van der Waals surface area contributed by atoms with Crippen LogP contribution in [0.3, 0.4) is 0 Å². The van der Waals surface area contributed by atoms with Crippen molar-refractivity contribution in [2.24, 2.45) is 0 Å². The maximum absolute atomic E-state index is 12.5. The van der Waals surface area contributed by atoms with E-state index in [2.05, 4.69) is 14.9 Å². The first-order valence-corrected chi connectivity index (χ1v) is 8.90. The third-order valence-electron chi connectivity index (χ3n) is 3.76.